The molecule has 2 bridgehead atoms. The lowest BCUT2D eigenvalue weighted by Gasteiger charge is -2.45. The molecule has 0 radical (unpaired) electrons. The molecule has 2 aromatic rings. The minimum Gasteiger partial charge on any atom is -0.340 e. The summed E-state index contributed by atoms with van der Waals surface area (Å²) in [5.74, 6) is 0.276. The van der Waals surface area contributed by atoms with Crippen molar-refractivity contribution in [3.8, 4) is 0 Å². The molecule has 0 spiro atoms. The molecular formula is C18H19N3O3S. The van der Waals surface area contributed by atoms with Crippen LogP contribution in [0.4, 0.5) is 5.69 Å². The molecule has 0 amide bonds. The van der Waals surface area contributed by atoms with Gasteiger partial charge < -0.3 is 9.64 Å². The topological polar surface area (TPSA) is 71.0 Å². The van der Waals surface area contributed by atoms with Gasteiger partial charge in [0.15, 0.2) is 5.84 Å². The molecule has 0 saturated carbocycles. The highest BCUT2D eigenvalue weighted by molar-refractivity contribution is 7.89. The van der Waals surface area contributed by atoms with E-state index in [1.807, 2.05) is 73.5 Å². The standard InChI is InChI=1S/C18H19N3O3S/c1-17-16(20-25(3,22)23)19-18(24-17,13-9-5-4-6-10-13)14-11-7-8-12-15(14)21(17)2/h4-12H,1-3H3,(H,19,20)/t17-,18-/m1/s1. The van der Waals surface area contributed by atoms with Crippen LogP contribution in [0.3, 0.4) is 0 Å². The number of fused-ring (bicyclic) bond motifs is 4. The molecule has 25 heavy (non-hydrogen) atoms. The molecule has 2 atom stereocenters. The number of hydrogen-bond acceptors (Lipinski definition) is 5. The molecule has 0 saturated heterocycles. The SMILES string of the molecule is CN1c2ccccc2[C@]2(c3ccccc3)N=C(NS(C)(=O)=O)[C@@]1(C)O2. The van der Waals surface area contributed by atoms with Crippen molar-refractivity contribution in [3.63, 3.8) is 0 Å². The maximum atomic E-state index is 11.9. The first-order valence-electron chi connectivity index (χ1n) is 7.93. The average Bonchev–Trinajstić information content (AvgIpc) is 2.85. The van der Waals surface area contributed by atoms with Crippen LogP contribution in [0.15, 0.2) is 59.6 Å². The smallest absolute Gasteiger partial charge is 0.230 e. The molecule has 0 fully saturated rings. The van der Waals surface area contributed by atoms with Crippen LogP contribution in [0.5, 0.6) is 0 Å². The van der Waals surface area contributed by atoms with Crippen LogP contribution in [0.1, 0.15) is 18.1 Å². The summed E-state index contributed by atoms with van der Waals surface area (Å²) in [6.45, 7) is 1.82. The van der Waals surface area contributed by atoms with Crippen molar-refractivity contribution in [1.29, 1.82) is 0 Å². The number of aliphatic imine (C=N–C) groups is 1. The highest BCUT2D eigenvalue weighted by atomic mass is 32.2. The number of ether oxygens (including phenoxy) is 1. The predicted octanol–water partition coefficient (Wildman–Crippen LogP) is 2.03. The second-order valence-corrected chi connectivity index (χ2v) is 8.25. The Morgan fingerprint density at radius 2 is 1.72 bits per heavy atom. The van der Waals surface area contributed by atoms with Crippen molar-refractivity contribution < 1.29 is 13.2 Å². The molecule has 0 aliphatic carbocycles. The van der Waals surface area contributed by atoms with E-state index in [1.54, 1.807) is 0 Å². The van der Waals surface area contributed by atoms with Gasteiger partial charge in [-0.1, -0.05) is 48.5 Å². The Kier molecular flexibility index (Phi) is 3.26. The number of nitrogens with zero attached hydrogens (tertiary/aromatic N) is 2. The summed E-state index contributed by atoms with van der Waals surface area (Å²) in [6.07, 6.45) is 1.11. The van der Waals surface area contributed by atoms with Gasteiger partial charge in [0.1, 0.15) is 0 Å². The Labute approximate surface area is 147 Å². The highest BCUT2D eigenvalue weighted by Gasteiger charge is 2.59. The van der Waals surface area contributed by atoms with E-state index in [9.17, 15) is 8.42 Å². The minimum atomic E-state index is -3.49. The molecule has 1 N–H and O–H groups in total. The van der Waals surface area contributed by atoms with Crippen LogP contribution in [0, 0.1) is 0 Å². The van der Waals surface area contributed by atoms with Crippen LogP contribution >= 0.6 is 0 Å². The zero-order valence-electron chi connectivity index (χ0n) is 14.2. The molecule has 130 valence electrons. The first-order valence-corrected chi connectivity index (χ1v) is 9.83. The number of sulfonamides is 1. The predicted molar refractivity (Wildman–Crippen MR) is 97.0 cm³/mol. The van der Waals surface area contributed by atoms with Crippen LogP contribution in [-0.4, -0.2) is 33.3 Å². The molecule has 7 heteroatoms. The molecule has 2 aliphatic rings. The zero-order valence-corrected chi connectivity index (χ0v) is 15.0. The first-order chi connectivity index (χ1) is 11.8. The average molecular weight is 357 g/mol. The van der Waals surface area contributed by atoms with Gasteiger partial charge in [-0.2, -0.15) is 0 Å². The van der Waals surface area contributed by atoms with Crippen molar-refractivity contribution in [2.45, 2.75) is 18.4 Å². The Morgan fingerprint density at radius 3 is 2.40 bits per heavy atom. The first kappa shape index (κ1) is 16.1. The van der Waals surface area contributed by atoms with Gasteiger partial charge >= 0.3 is 0 Å². The Bertz CT molecular complexity index is 974. The van der Waals surface area contributed by atoms with Gasteiger partial charge in [-0.3, -0.25) is 4.72 Å². The monoisotopic (exact) mass is 357 g/mol. The highest BCUT2D eigenvalue weighted by Crippen LogP contribution is 2.52. The van der Waals surface area contributed by atoms with Crippen LogP contribution in [0.2, 0.25) is 0 Å². The number of amidine groups is 1. The Balaban J connectivity index is 2.01. The fraction of sp³-hybridized carbons (Fsp3) is 0.278. The maximum absolute atomic E-state index is 11.9. The summed E-state index contributed by atoms with van der Waals surface area (Å²) in [6, 6.07) is 17.5. The summed E-state index contributed by atoms with van der Waals surface area (Å²) in [7, 11) is -1.62. The summed E-state index contributed by atoms with van der Waals surface area (Å²) < 4.78 is 32.7. The molecule has 0 unspecified atom stereocenters. The van der Waals surface area contributed by atoms with Crippen LogP contribution < -0.4 is 9.62 Å². The number of rotatable bonds is 2. The molecule has 0 aromatic heterocycles. The van der Waals surface area contributed by atoms with E-state index in [1.165, 1.54) is 0 Å². The van der Waals surface area contributed by atoms with Crippen molar-refractivity contribution in [3.05, 3.63) is 65.7 Å². The number of benzene rings is 2. The van der Waals surface area contributed by atoms with Crippen molar-refractivity contribution >= 4 is 21.5 Å². The third-order valence-electron chi connectivity index (χ3n) is 4.77. The van der Waals surface area contributed by atoms with E-state index < -0.39 is 21.5 Å². The summed E-state index contributed by atoms with van der Waals surface area (Å²) in [5, 5.41) is 0. The number of nitrogens with one attached hydrogen (secondary N) is 1. The maximum Gasteiger partial charge on any atom is 0.230 e. The van der Waals surface area contributed by atoms with Crippen molar-refractivity contribution in [2.24, 2.45) is 4.99 Å². The van der Waals surface area contributed by atoms with E-state index in [0.29, 0.717) is 0 Å². The molecule has 6 nitrogen and oxygen atoms in total. The number of anilines is 1. The van der Waals surface area contributed by atoms with Crippen molar-refractivity contribution in [2.75, 3.05) is 18.2 Å². The molecule has 2 aliphatic heterocycles. The number of likely N-dealkylation sites (N-methyl/N-ethyl adjacent to an activating group) is 1. The van der Waals surface area contributed by atoms with E-state index in [-0.39, 0.29) is 5.84 Å². The lowest BCUT2D eigenvalue weighted by Crippen LogP contribution is -2.59. The van der Waals surface area contributed by atoms with Gasteiger partial charge in [-0.15, -0.1) is 0 Å². The number of hydrogen-bond donors (Lipinski definition) is 1. The van der Waals surface area contributed by atoms with Gasteiger partial charge in [0.25, 0.3) is 0 Å². The third kappa shape index (κ3) is 2.26. The van der Waals surface area contributed by atoms with Crippen LogP contribution in [0.25, 0.3) is 0 Å². The van der Waals surface area contributed by atoms with Crippen molar-refractivity contribution in [1.82, 2.24) is 4.72 Å². The molecule has 2 heterocycles. The summed E-state index contributed by atoms with van der Waals surface area (Å²) in [4.78, 5) is 6.67. The quantitative estimate of drug-likeness (QED) is 0.893. The van der Waals surface area contributed by atoms with Gasteiger partial charge in [0, 0.05) is 23.9 Å². The second kappa shape index (κ2) is 5.06. The fourth-order valence-electron chi connectivity index (χ4n) is 3.48. The summed E-state index contributed by atoms with van der Waals surface area (Å²) >= 11 is 0. The summed E-state index contributed by atoms with van der Waals surface area (Å²) in [5.41, 5.74) is 0.590. The largest absolute Gasteiger partial charge is 0.340 e. The van der Waals surface area contributed by atoms with Gasteiger partial charge in [0.2, 0.25) is 21.5 Å². The minimum absolute atomic E-state index is 0.276. The van der Waals surface area contributed by atoms with E-state index in [0.717, 1.165) is 23.1 Å². The van der Waals surface area contributed by atoms with Gasteiger partial charge in [0.05, 0.1) is 6.26 Å². The second-order valence-electron chi connectivity index (χ2n) is 6.51. The molecular weight excluding hydrogens is 338 g/mol. The molecule has 2 aromatic carbocycles. The van der Waals surface area contributed by atoms with E-state index >= 15 is 0 Å². The lowest BCUT2D eigenvalue weighted by atomic mass is 9.91. The number of para-hydroxylation sites is 1. The van der Waals surface area contributed by atoms with Gasteiger partial charge in [-0.05, 0) is 13.0 Å². The Hall–Kier alpha value is -2.38. The third-order valence-corrected chi connectivity index (χ3v) is 5.34. The fourth-order valence-corrected chi connectivity index (χ4v) is 4.07. The van der Waals surface area contributed by atoms with Crippen LogP contribution in [-0.2, 0) is 20.5 Å². The normalized spacial score (nSPS) is 27.6. The molecule has 4 rings (SSSR count). The Morgan fingerprint density at radius 1 is 1.08 bits per heavy atom. The van der Waals surface area contributed by atoms with E-state index in [4.69, 9.17) is 9.73 Å². The lowest BCUT2D eigenvalue weighted by molar-refractivity contribution is -0.0788. The van der Waals surface area contributed by atoms with Gasteiger partial charge in [-0.25, -0.2) is 13.4 Å². The van der Waals surface area contributed by atoms with E-state index in [2.05, 4.69) is 4.72 Å². The zero-order chi connectivity index (χ0) is 17.9.